The van der Waals surface area contributed by atoms with Crippen LogP contribution in [0.15, 0.2) is 54.6 Å². The molecule has 0 spiro atoms. The minimum atomic E-state index is -3.72. The first-order chi connectivity index (χ1) is 13.0. The third kappa shape index (κ3) is 4.97. The fourth-order valence-corrected chi connectivity index (χ4v) is 3.95. The summed E-state index contributed by atoms with van der Waals surface area (Å²) in [5.74, 6) is 0.367. The van der Waals surface area contributed by atoms with Gasteiger partial charge in [0.2, 0.25) is 15.9 Å². The van der Waals surface area contributed by atoms with Gasteiger partial charge in [-0.15, -0.1) is 0 Å². The number of para-hydroxylation sites is 1. The smallest absolute Gasteiger partial charge is 0.250 e. The molecule has 0 aromatic heterocycles. The number of rotatable bonds is 7. The molecular formula is C18H22N4O4S. The molecule has 1 aliphatic heterocycles. The summed E-state index contributed by atoms with van der Waals surface area (Å²) >= 11 is 0. The van der Waals surface area contributed by atoms with Gasteiger partial charge in [0, 0.05) is 17.8 Å². The number of hydrogen-bond donors (Lipinski definition) is 4. The molecule has 1 fully saturated rings. The van der Waals surface area contributed by atoms with Gasteiger partial charge >= 0.3 is 0 Å². The van der Waals surface area contributed by atoms with Gasteiger partial charge in [-0.2, -0.15) is 0 Å². The Hall–Kier alpha value is -2.62. The van der Waals surface area contributed by atoms with Crippen LogP contribution in [0.3, 0.4) is 0 Å². The molecule has 0 bridgehead atoms. The van der Waals surface area contributed by atoms with Crippen LogP contribution in [0.5, 0.6) is 5.75 Å². The lowest BCUT2D eigenvalue weighted by Crippen LogP contribution is -2.42. The molecular weight excluding hydrogens is 368 g/mol. The second-order valence-electron chi connectivity index (χ2n) is 6.03. The van der Waals surface area contributed by atoms with Crippen molar-refractivity contribution in [1.82, 2.24) is 10.9 Å². The molecule has 1 aliphatic rings. The number of sulfonamides is 1. The molecule has 144 valence electrons. The first kappa shape index (κ1) is 19.2. The lowest BCUT2D eigenvalue weighted by atomic mass is 10.2. The second kappa shape index (κ2) is 8.38. The molecule has 0 saturated carbocycles. The third-order valence-electron chi connectivity index (χ3n) is 4.03. The maximum absolute atomic E-state index is 12.6. The first-order valence-electron chi connectivity index (χ1n) is 8.59. The topological polar surface area (TPSA) is 109 Å². The van der Waals surface area contributed by atoms with E-state index in [1.54, 1.807) is 36.4 Å². The van der Waals surface area contributed by atoms with Crippen LogP contribution in [-0.2, 0) is 14.8 Å². The van der Waals surface area contributed by atoms with Crippen molar-refractivity contribution in [3.63, 3.8) is 0 Å². The summed E-state index contributed by atoms with van der Waals surface area (Å²) in [6.45, 7) is 2.41. The molecule has 0 aliphatic carbocycles. The van der Waals surface area contributed by atoms with Crippen molar-refractivity contribution in [2.24, 2.45) is 0 Å². The second-order valence-corrected chi connectivity index (χ2v) is 7.89. The van der Waals surface area contributed by atoms with Crippen LogP contribution < -0.4 is 25.6 Å². The summed E-state index contributed by atoms with van der Waals surface area (Å²) in [4.78, 5) is 12.3. The zero-order valence-electron chi connectivity index (χ0n) is 14.8. The lowest BCUT2D eigenvalue weighted by molar-refractivity contribution is -0.117. The monoisotopic (exact) mass is 390 g/mol. The van der Waals surface area contributed by atoms with E-state index in [2.05, 4.69) is 20.9 Å². The van der Waals surface area contributed by atoms with Crippen LogP contribution in [0, 0.1) is 0 Å². The normalized spacial score (nSPS) is 19.4. The molecule has 2 unspecified atom stereocenters. The van der Waals surface area contributed by atoms with Gasteiger partial charge in [-0.1, -0.05) is 18.2 Å². The van der Waals surface area contributed by atoms with E-state index >= 15 is 0 Å². The van der Waals surface area contributed by atoms with Crippen LogP contribution >= 0.6 is 0 Å². The van der Waals surface area contributed by atoms with Gasteiger partial charge in [0.15, 0.2) is 0 Å². The molecule has 27 heavy (non-hydrogen) atoms. The Kier molecular flexibility index (Phi) is 5.94. The van der Waals surface area contributed by atoms with Gasteiger partial charge in [-0.25, -0.2) is 19.3 Å². The maximum atomic E-state index is 12.6. The summed E-state index contributed by atoms with van der Waals surface area (Å²) in [6, 6.07) is 15.0. The van der Waals surface area contributed by atoms with Gasteiger partial charge < -0.3 is 10.1 Å². The van der Waals surface area contributed by atoms with Crippen LogP contribution in [-0.4, -0.2) is 32.3 Å². The van der Waals surface area contributed by atoms with Crippen LogP contribution in [0.2, 0.25) is 0 Å². The quantitative estimate of drug-likeness (QED) is 0.573. The molecule has 2 atom stereocenters. The van der Waals surface area contributed by atoms with Gasteiger partial charge in [0.05, 0.1) is 6.61 Å². The van der Waals surface area contributed by atoms with Crippen LogP contribution in [0.4, 0.5) is 11.4 Å². The molecule has 2 aromatic rings. The van der Waals surface area contributed by atoms with Gasteiger partial charge in [-0.05, 0) is 43.3 Å². The summed E-state index contributed by atoms with van der Waals surface area (Å²) in [5, 5.41) is 1.82. The van der Waals surface area contributed by atoms with Crippen LogP contribution in [0.25, 0.3) is 0 Å². The maximum Gasteiger partial charge on any atom is 0.250 e. The number of carbonyl (C=O) groups is 1. The standard InChI is InChI=1S/C18H22N4O4S/c1-2-26-15-10-8-14(9-11-15)22-27(24,25)17-12-16(20-21-17)18(23)19-13-6-4-3-5-7-13/h3-11,16-17,20-22H,2,12H2,1H3,(H,19,23). The van der Waals surface area contributed by atoms with E-state index in [-0.39, 0.29) is 12.3 Å². The molecule has 8 nitrogen and oxygen atoms in total. The number of ether oxygens (including phenoxy) is 1. The number of hydrazine groups is 1. The molecule has 1 amide bonds. The number of nitrogens with one attached hydrogen (secondary N) is 4. The number of carbonyl (C=O) groups excluding carboxylic acids is 1. The summed E-state index contributed by atoms with van der Waals surface area (Å²) in [5.41, 5.74) is 6.51. The first-order valence-corrected chi connectivity index (χ1v) is 10.1. The lowest BCUT2D eigenvalue weighted by Gasteiger charge is -2.14. The van der Waals surface area contributed by atoms with Crippen molar-refractivity contribution in [2.75, 3.05) is 16.6 Å². The van der Waals surface area contributed by atoms with Crippen molar-refractivity contribution in [3.8, 4) is 5.75 Å². The van der Waals surface area contributed by atoms with E-state index in [1.165, 1.54) is 0 Å². The zero-order valence-corrected chi connectivity index (χ0v) is 15.6. The highest BCUT2D eigenvalue weighted by atomic mass is 32.2. The molecule has 4 N–H and O–H groups in total. The van der Waals surface area contributed by atoms with Gasteiger partial charge in [0.1, 0.15) is 17.2 Å². The highest BCUT2D eigenvalue weighted by Crippen LogP contribution is 2.20. The van der Waals surface area contributed by atoms with Gasteiger partial charge in [-0.3, -0.25) is 9.52 Å². The van der Waals surface area contributed by atoms with E-state index in [0.29, 0.717) is 23.7 Å². The van der Waals surface area contributed by atoms with Crippen molar-refractivity contribution in [1.29, 1.82) is 0 Å². The minimum absolute atomic E-state index is 0.102. The number of amides is 1. The fraction of sp³-hybridized carbons (Fsp3) is 0.278. The largest absolute Gasteiger partial charge is 0.494 e. The van der Waals surface area contributed by atoms with Crippen molar-refractivity contribution >= 4 is 27.3 Å². The van der Waals surface area contributed by atoms with Crippen LogP contribution in [0.1, 0.15) is 13.3 Å². The van der Waals surface area contributed by atoms with E-state index < -0.39 is 21.4 Å². The molecule has 3 rings (SSSR count). The van der Waals surface area contributed by atoms with E-state index in [1.807, 2.05) is 25.1 Å². The third-order valence-corrected chi connectivity index (χ3v) is 5.61. The Bertz CT molecular complexity index is 872. The number of hydrogen-bond acceptors (Lipinski definition) is 6. The molecule has 1 saturated heterocycles. The molecule has 9 heteroatoms. The summed E-state index contributed by atoms with van der Waals surface area (Å²) < 4.78 is 33.0. The highest BCUT2D eigenvalue weighted by Gasteiger charge is 2.37. The van der Waals surface area contributed by atoms with Crippen molar-refractivity contribution in [3.05, 3.63) is 54.6 Å². The Labute approximate surface area is 158 Å². The Balaban J connectivity index is 1.58. The molecule has 1 heterocycles. The SMILES string of the molecule is CCOc1ccc(NS(=O)(=O)C2CC(C(=O)Nc3ccccc3)NN2)cc1. The average molecular weight is 390 g/mol. The predicted molar refractivity (Wildman–Crippen MR) is 104 cm³/mol. The van der Waals surface area contributed by atoms with E-state index in [4.69, 9.17) is 4.74 Å². The van der Waals surface area contributed by atoms with Crippen molar-refractivity contribution in [2.45, 2.75) is 24.8 Å². The Morgan fingerprint density at radius 3 is 2.44 bits per heavy atom. The zero-order chi connectivity index (χ0) is 19.3. The van der Waals surface area contributed by atoms with E-state index in [0.717, 1.165) is 0 Å². The fourth-order valence-electron chi connectivity index (χ4n) is 2.67. The average Bonchev–Trinajstić information content (AvgIpc) is 3.16. The summed E-state index contributed by atoms with van der Waals surface area (Å²) in [6.07, 6.45) is 0.102. The molecule has 0 radical (unpaired) electrons. The molecule has 2 aromatic carbocycles. The summed E-state index contributed by atoms with van der Waals surface area (Å²) in [7, 11) is -3.72. The Morgan fingerprint density at radius 2 is 1.78 bits per heavy atom. The van der Waals surface area contributed by atoms with Crippen molar-refractivity contribution < 1.29 is 17.9 Å². The van der Waals surface area contributed by atoms with Gasteiger partial charge in [0.25, 0.3) is 0 Å². The Morgan fingerprint density at radius 1 is 1.07 bits per heavy atom. The predicted octanol–water partition coefficient (Wildman–Crippen LogP) is 1.66. The minimum Gasteiger partial charge on any atom is -0.494 e. The number of anilines is 2. The highest BCUT2D eigenvalue weighted by molar-refractivity contribution is 7.93. The van der Waals surface area contributed by atoms with E-state index in [9.17, 15) is 13.2 Å². The number of benzene rings is 2.